The average Bonchev–Trinajstić information content (AvgIpc) is 3.12. The number of nitrogen functional groups attached to an aromatic ring is 1. The van der Waals surface area contributed by atoms with E-state index in [2.05, 4.69) is 20.1 Å². The number of anilines is 1. The van der Waals surface area contributed by atoms with E-state index in [-0.39, 0.29) is 29.7 Å². The maximum Gasteiger partial charge on any atom is 0.416 e. The standard InChI is InChI=1S/C22H19F3N6O2/c23-22(24,25)14-6-7-27-17(8-14)33-21-18-19(26)28-12-29-20(18)31(30-21)15-9-16(10-15)32-11-13-4-2-1-3-5-13/h1-8,12,15-16H,9-11H2,(H2,26,28,29)/t15-,16-. The van der Waals surface area contributed by atoms with Gasteiger partial charge in [-0.3, -0.25) is 0 Å². The van der Waals surface area contributed by atoms with E-state index in [1.54, 1.807) is 4.68 Å². The molecule has 4 aromatic rings. The van der Waals surface area contributed by atoms with Crippen molar-refractivity contribution in [3.63, 3.8) is 0 Å². The summed E-state index contributed by atoms with van der Waals surface area (Å²) < 4.78 is 52.3. The van der Waals surface area contributed by atoms with Crippen molar-refractivity contribution in [1.29, 1.82) is 0 Å². The largest absolute Gasteiger partial charge is 0.418 e. The molecule has 0 atom stereocenters. The molecule has 2 N–H and O–H groups in total. The number of rotatable bonds is 6. The Morgan fingerprint density at radius 3 is 2.61 bits per heavy atom. The molecule has 1 aliphatic rings. The van der Waals surface area contributed by atoms with Crippen LogP contribution >= 0.6 is 0 Å². The summed E-state index contributed by atoms with van der Waals surface area (Å²) in [4.78, 5) is 12.1. The van der Waals surface area contributed by atoms with Gasteiger partial charge in [-0.1, -0.05) is 30.3 Å². The lowest BCUT2D eigenvalue weighted by Crippen LogP contribution is -2.34. The van der Waals surface area contributed by atoms with E-state index in [0.717, 1.165) is 23.9 Å². The average molecular weight is 456 g/mol. The lowest BCUT2D eigenvalue weighted by molar-refractivity contribution is -0.137. The third kappa shape index (κ3) is 4.31. The van der Waals surface area contributed by atoms with Crippen LogP contribution in [0.2, 0.25) is 0 Å². The Labute approximate surface area is 186 Å². The Kier molecular flexibility index (Phi) is 5.33. The van der Waals surface area contributed by atoms with Crippen LogP contribution in [0.3, 0.4) is 0 Å². The molecule has 0 spiro atoms. The zero-order chi connectivity index (χ0) is 23.0. The monoisotopic (exact) mass is 456 g/mol. The van der Waals surface area contributed by atoms with Crippen LogP contribution in [0, 0.1) is 0 Å². The van der Waals surface area contributed by atoms with E-state index in [0.29, 0.717) is 30.5 Å². The predicted octanol–water partition coefficient (Wildman–Crippen LogP) is 4.53. The molecule has 0 radical (unpaired) electrons. The van der Waals surface area contributed by atoms with Gasteiger partial charge in [0.1, 0.15) is 17.5 Å². The molecule has 0 amide bonds. The molecule has 8 nitrogen and oxygen atoms in total. The molecule has 1 aliphatic carbocycles. The maximum absolute atomic E-state index is 13.0. The second-order valence-electron chi connectivity index (χ2n) is 7.73. The van der Waals surface area contributed by atoms with Crippen LogP contribution < -0.4 is 10.5 Å². The van der Waals surface area contributed by atoms with Crippen LogP contribution in [-0.4, -0.2) is 30.8 Å². The fourth-order valence-electron chi connectivity index (χ4n) is 3.69. The molecule has 11 heteroatoms. The van der Waals surface area contributed by atoms with Gasteiger partial charge in [0.15, 0.2) is 5.65 Å². The molecule has 33 heavy (non-hydrogen) atoms. The number of alkyl halides is 3. The van der Waals surface area contributed by atoms with E-state index < -0.39 is 11.7 Å². The molecule has 1 aromatic carbocycles. The highest BCUT2D eigenvalue weighted by molar-refractivity contribution is 5.90. The third-order valence-corrected chi connectivity index (χ3v) is 5.49. The Bertz CT molecular complexity index is 1270. The van der Waals surface area contributed by atoms with E-state index >= 15 is 0 Å². The zero-order valence-electron chi connectivity index (χ0n) is 17.2. The number of aromatic nitrogens is 5. The summed E-state index contributed by atoms with van der Waals surface area (Å²) in [5.74, 6) is -0.134. The minimum absolute atomic E-state index is 0.00331. The highest BCUT2D eigenvalue weighted by Gasteiger charge is 2.35. The van der Waals surface area contributed by atoms with Gasteiger partial charge in [0.25, 0.3) is 5.88 Å². The topological polar surface area (TPSA) is 101 Å². The van der Waals surface area contributed by atoms with E-state index in [1.165, 1.54) is 6.33 Å². The van der Waals surface area contributed by atoms with E-state index in [1.807, 2.05) is 30.3 Å². The smallest absolute Gasteiger partial charge is 0.416 e. The maximum atomic E-state index is 13.0. The lowest BCUT2D eigenvalue weighted by atomic mass is 9.89. The number of nitrogens with two attached hydrogens (primary N) is 1. The molecule has 1 fully saturated rings. The Morgan fingerprint density at radius 1 is 1.06 bits per heavy atom. The van der Waals surface area contributed by atoms with Crippen molar-refractivity contribution >= 4 is 16.9 Å². The number of pyridine rings is 1. The van der Waals surface area contributed by atoms with Crippen LogP contribution in [-0.2, 0) is 17.5 Å². The Morgan fingerprint density at radius 2 is 1.85 bits per heavy atom. The molecule has 170 valence electrons. The number of nitrogens with zero attached hydrogens (tertiary/aromatic N) is 5. The number of halogens is 3. The van der Waals surface area contributed by atoms with Crippen LogP contribution in [0.4, 0.5) is 19.0 Å². The van der Waals surface area contributed by atoms with Crippen LogP contribution in [0.5, 0.6) is 11.8 Å². The first-order chi connectivity index (χ1) is 15.9. The van der Waals surface area contributed by atoms with Crippen LogP contribution in [0.25, 0.3) is 11.0 Å². The summed E-state index contributed by atoms with van der Waals surface area (Å²) in [6, 6.07) is 11.5. The van der Waals surface area contributed by atoms with Crippen LogP contribution in [0.1, 0.15) is 30.0 Å². The van der Waals surface area contributed by atoms with E-state index in [4.69, 9.17) is 15.2 Å². The van der Waals surface area contributed by atoms with Gasteiger partial charge < -0.3 is 15.2 Å². The molecular weight excluding hydrogens is 437 g/mol. The Hall–Kier alpha value is -3.73. The van der Waals surface area contributed by atoms with Crippen LogP contribution in [0.15, 0.2) is 55.0 Å². The first kappa shape index (κ1) is 21.1. The van der Waals surface area contributed by atoms with Gasteiger partial charge in [0, 0.05) is 12.3 Å². The number of ether oxygens (including phenoxy) is 2. The first-order valence-corrected chi connectivity index (χ1v) is 10.2. The molecule has 3 aromatic heterocycles. The summed E-state index contributed by atoms with van der Waals surface area (Å²) in [6.45, 7) is 0.517. The molecule has 0 unspecified atom stereocenters. The predicted molar refractivity (Wildman–Crippen MR) is 112 cm³/mol. The normalized spacial score (nSPS) is 18.3. The van der Waals surface area contributed by atoms with Crippen molar-refractivity contribution in [1.82, 2.24) is 24.7 Å². The van der Waals surface area contributed by atoms with Crippen molar-refractivity contribution in [2.24, 2.45) is 0 Å². The van der Waals surface area contributed by atoms with Gasteiger partial charge in [-0.2, -0.15) is 13.2 Å². The number of hydrogen-bond donors (Lipinski definition) is 1. The summed E-state index contributed by atoms with van der Waals surface area (Å²) in [5.41, 5.74) is 6.67. The fourth-order valence-corrected chi connectivity index (χ4v) is 3.69. The van der Waals surface area contributed by atoms with Crippen molar-refractivity contribution in [2.75, 3.05) is 5.73 Å². The van der Waals surface area contributed by atoms with Gasteiger partial charge >= 0.3 is 6.18 Å². The van der Waals surface area contributed by atoms with Crippen molar-refractivity contribution in [2.45, 2.75) is 37.8 Å². The van der Waals surface area contributed by atoms with Gasteiger partial charge in [0.2, 0.25) is 5.88 Å². The highest BCUT2D eigenvalue weighted by atomic mass is 19.4. The summed E-state index contributed by atoms with van der Waals surface area (Å²) in [6.07, 6.45) is -0.722. The number of hydrogen-bond acceptors (Lipinski definition) is 7. The minimum atomic E-state index is -4.52. The van der Waals surface area contributed by atoms with Gasteiger partial charge in [-0.05, 0) is 24.5 Å². The summed E-state index contributed by atoms with van der Waals surface area (Å²) in [7, 11) is 0. The lowest BCUT2D eigenvalue weighted by Gasteiger charge is -2.35. The Balaban J connectivity index is 1.36. The molecule has 0 saturated heterocycles. The molecule has 5 rings (SSSR count). The summed E-state index contributed by atoms with van der Waals surface area (Å²) in [5, 5.41) is 4.77. The van der Waals surface area contributed by atoms with Crippen molar-refractivity contribution in [3.05, 3.63) is 66.1 Å². The van der Waals surface area contributed by atoms with Crippen molar-refractivity contribution in [3.8, 4) is 11.8 Å². The second-order valence-corrected chi connectivity index (χ2v) is 7.73. The second kappa shape index (κ2) is 8.32. The zero-order valence-corrected chi connectivity index (χ0v) is 17.2. The molecule has 0 bridgehead atoms. The van der Waals surface area contributed by atoms with E-state index in [9.17, 15) is 13.2 Å². The number of fused-ring (bicyclic) bond motifs is 1. The highest BCUT2D eigenvalue weighted by Crippen LogP contribution is 2.40. The minimum Gasteiger partial charge on any atom is -0.418 e. The summed E-state index contributed by atoms with van der Waals surface area (Å²) >= 11 is 0. The van der Waals surface area contributed by atoms with Gasteiger partial charge in [-0.15, -0.1) is 5.10 Å². The quantitative estimate of drug-likeness (QED) is 0.455. The first-order valence-electron chi connectivity index (χ1n) is 10.2. The number of benzene rings is 1. The molecule has 3 heterocycles. The molecular formula is C22H19F3N6O2. The molecule has 1 saturated carbocycles. The SMILES string of the molecule is Nc1ncnc2c1c(Oc1cc(C(F)(F)F)ccn1)nn2[C@H]1C[C@H](OCc2ccccc2)C1. The van der Waals surface area contributed by atoms with Gasteiger partial charge in [0.05, 0.1) is 24.3 Å². The van der Waals surface area contributed by atoms with Gasteiger partial charge in [-0.25, -0.2) is 19.6 Å². The molecule has 0 aliphatic heterocycles. The van der Waals surface area contributed by atoms with Crippen molar-refractivity contribution < 1.29 is 22.6 Å². The third-order valence-electron chi connectivity index (χ3n) is 5.49. The fraction of sp³-hybridized carbons (Fsp3) is 0.273.